The summed E-state index contributed by atoms with van der Waals surface area (Å²) < 4.78 is 2.59. The van der Waals surface area contributed by atoms with Crippen molar-refractivity contribution < 1.29 is 0 Å². The van der Waals surface area contributed by atoms with Gasteiger partial charge in [0.2, 0.25) is 0 Å². The fourth-order valence-electron chi connectivity index (χ4n) is 4.06. The van der Waals surface area contributed by atoms with Gasteiger partial charge in [-0.25, -0.2) is 0 Å². The third kappa shape index (κ3) is 2.79. The zero-order valence-corrected chi connectivity index (χ0v) is 16.0. The molecule has 0 spiro atoms. The molecule has 4 rings (SSSR count). The Labute approximate surface area is 152 Å². The van der Waals surface area contributed by atoms with Crippen LogP contribution in [-0.4, -0.2) is 23.1 Å². The number of likely N-dealkylation sites (N-methyl/N-ethyl adjacent to an activating group) is 1. The maximum Gasteiger partial charge on any atom is 0.103 e. The Morgan fingerprint density at radius 1 is 1.25 bits per heavy atom. The lowest BCUT2D eigenvalue weighted by molar-refractivity contribution is 0.283. The second-order valence-electron chi connectivity index (χ2n) is 7.07. The molecule has 1 aromatic carbocycles. The second-order valence-corrected chi connectivity index (χ2v) is 8.74. The number of aromatic nitrogens is 1. The number of fused-ring (bicyclic) bond motifs is 3. The van der Waals surface area contributed by atoms with Crippen LogP contribution in [0.15, 0.2) is 30.3 Å². The minimum atomic E-state index is 0.587. The van der Waals surface area contributed by atoms with E-state index in [-0.39, 0.29) is 0 Å². The van der Waals surface area contributed by atoms with Crippen molar-refractivity contribution in [1.82, 2.24) is 9.47 Å². The van der Waals surface area contributed by atoms with Gasteiger partial charge in [-0.3, -0.25) is 0 Å². The van der Waals surface area contributed by atoms with E-state index in [0.717, 1.165) is 31.1 Å². The van der Waals surface area contributed by atoms with E-state index in [2.05, 4.69) is 48.6 Å². The van der Waals surface area contributed by atoms with Crippen LogP contribution in [-0.2, 0) is 19.5 Å². The Bertz CT molecular complexity index is 875. The van der Waals surface area contributed by atoms with Gasteiger partial charge in [-0.1, -0.05) is 30.7 Å². The van der Waals surface area contributed by atoms with Gasteiger partial charge in [-0.05, 0) is 49.7 Å². The molecule has 0 bridgehead atoms. The van der Waals surface area contributed by atoms with Crippen molar-refractivity contribution in [2.75, 3.05) is 13.6 Å². The molecule has 1 aliphatic heterocycles. The summed E-state index contributed by atoms with van der Waals surface area (Å²) in [5.41, 5.74) is 4.46. The van der Waals surface area contributed by atoms with Crippen molar-refractivity contribution in [2.45, 2.75) is 39.3 Å². The summed E-state index contributed by atoms with van der Waals surface area (Å²) in [7, 11) is 2.23. The number of aryl methyl sites for hydroxylation is 3. The Morgan fingerprint density at radius 2 is 2.00 bits per heavy atom. The van der Waals surface area contributed by atoms with Crippen molar-refractivity contribution in [3.63, 3.8) is 0 Å². The molecule has 0 aliphatic carbocycles. The molecule has 126 valence electrons. The molecule has 4 heteroatoms. The maximum atomic E-state index is 6.01. The lowest BCUT2D eigenvalue weighted by atomic mass is 9.97. The third-order valence-corrected chi connectivity index (χ3v) is 6.35. The summed E-state index contributed by atoms with van der Waals surface area (Å²) in [4.78, 5) is 5.31. The highest BCUT2D eigenvalue weighted by molar-refractivity contribution is 7.18. The van der Waals surface area contributed by atoms with Crippen molar-refractivity contribution in [3.8, 4) is 0 Å². The minimum Gasteiger partial charge on any atom is -0.335 e. The molecule has 0 radical (unpaired) electrons. The van der Waals surface area contributed by atoms with Crippen LogP contribution < -0.4 is 0 Å². The van der Waals surface area contributed by atoms with Gasteiger partial charge in [0.15, 0.2) is 0 Å². The van der Waals surface area contributed by atoms with Crippen LogP contribution in [0.5, 0.6) is 0 Å². The number of halogens is 1. The number of hydrogen-bond donors (Lipinski definition) is 0. The number of nitrogens with zero attached hydrogens (tertiary/aromatic N) is 2. The monoisotopic (exact) mass is 358 g/mol. The van der Waals surface area contributed by atoms with E-state index in [1.54, 1.807) is 11.3 Å². The highest BCUT2D eigenvalue weighted by atomic mass is 35.5. The van der Waals surface area contributed by atoms with Crippen LogP contribution in [0.1, 0.15) is 34.5 Å². The van der Waals surface area contributed by atoms with Gasteiger partial charge >= 0.3 is 0 Å². The van der Waals surface area contributed by atoms with Crippen LogP contribution >= 0.6 is 22.9 Å². The molecule has 0 fully saturated rings. The van der Waals surface area contributed by atoms with E-state index < -0.39 is 0 Å². The SMILES string of the molecule is Cc1cc2c3c(n(CCc4ccc(Cl)cc4)c2s1)C(C)CN(C)C3. The molecule has 24 heavy (non-hydrogen) atoms. The first kappa shape index (κ1) is 16.2. The standard InChI is InChI=1S/C20H23ClN2S/c1-13-11-22(3)12-18-17-10-14(2)24-20(17)23(19(13)18)9-8-15-4-6-16(21)7-5-15/h4-7,10,13H,8-9,11-12H2,1-3H3. The van der Waals surface area contributed by atoms with Gasteiger partial charge in [0, 0.05) is 46.5 Å². The lowest BCUT2D eigenvalue weighted by Crippen LogP contribution is -2.30. The molecule has 0 amide bonds. The Balaban J connectivity index is 1.74. The van der Waals surface area contributed by atoms with Crippen LogP contribution in [0.4, 0.5) is 0 Å². The fourth-order valence-corrected chi connectivity index (χ4v) is 5.26. The van der Waals surface area contributed by atoms with Gasteiger partial charge in [-0.15, -0.1) is 11.3 Å². The Kier molecular flexibility index (Phi) is 4.19. The summed E-state index contributed by atoms with van der Waals surface area (Å²) in [6.07, 6.45) is 1.05. The molecule has 2 aromatic heterocycles. The first-order valence-electron chi connectivity index (χ1n) is 8.57. The highest BCUT2D eigenvalue weighted by Gasteiger charge is 2.28. The highest BCUT2D eigenvalue weighted by Crippen LogP contribution is 2.39. The van der Waals surface area contributed by atoms with E-state index in [4.69, 9.17) is 11.6 Å². The molecule has 0 saturated carbocycles. The van der Waals surface area contributed by atoms with Crippen molar-refractivity contribution in [3.05, 3.63) is 57.1 Å². The van der Waals surface area contributed by atoms with Crippen molar-refractivity contribution >= 4 is 33.2 Å². The maximum absolute atomic E-state index is 6.01. The molecule has 0 saturated heterocycles. The summed E-state index contributed by atoms with van der Waals surface area (Å²) in [6.45, 7) is 7.84. The van der Waals surface area contributed by atoms with Crippen LogP contribution in [0, 0.1) is 6.92 Å². The first-order valence-corrected chi connectivity index (χ1v) is 9.76. The molecule has 1 aliphatic rings. The predicted octanol–water partition coefficient (Wildman–Crippen LogP) is 5.46. The molecular formula is C20H23ClN2S. The van der Waals surface area contributed by atoms with Crippen LogP contribution in [0.3, 0.4) is 0 Å². The average Bonchev–Trinajstić information content (AvgIpc) is 3.03. The van der Waals surface area contributed by atoms with E-state index in [1.165, 1.54) is 20.7 Å². The minimum absolute atomic E-state index is 0.587. The third-order valence-electron chi connectivity index (χ3n) is 5.02. The molecule has 2 nitrogen and oxygen atoms in total. The summed E-state index contributed by atoms with van der Waals surface area (Å²) >= 11 is 7.95. The molecule has 3 aromatic rings. The Hall–Kier alpha value is -1.29. The molecule has 1 unspecified atom stereocenters. The number of hydrogen-bond acceptors (Lipinski definition) is 2. The average molecular weight is 359 g/mol. The summed E-state index contributed by atoms with van der Waals surface area (Å²) in [5, 5.41) is 2.28. The number of benzene rings is 1. The van der Waals surface area contributed by atoms with Crippen molar-refractivity contribution in [2.24, 2.45) is 0 Å². The number of rotatable bonds is 3. The van der Waals surface area contributed by atoms with Gasteiger partial charge in [0.05, 0.1) is 0 Å². The second kappa shape index (κ2) is 6.21. The van der Waals surface area contributed by atoms with Crippen molar-refractivity contribution in [1.29, 1.82) is 0 Å². The zero-order chi connectivity index (χ0) is 16.8. The quantitative estimate of drug-likeness (QED) is 0.603. The summed E-state index contributed by atoms with van der Waals surface area (Å²) in [5.74, 6) is 0.587. The lowest BCUT2D eigenvalue weighted by Gasteiger charge is -2.29. The fraction of sp³-hybridized carbons (Fsp3) is 0.400. The number of thiophene rings is 1. The zero-order valence-electron chi connectivity index (χ0n) is 14.5. The predicted molar refractivity (Wildman–Crippen MR) is 104 cm³/mol. The molecule has 3 heterocycles. The topological polar surface area (TPSA) is 8.17 Å². The van der Waals surface area contributed by atoms with Gasteiger partial charge in [0.25, 0.3) is 0 Å². The van der Waals surface area contributed by atoms with Gasteiger partial charge in [-0.2, -0.15) is 0 Å². The summed E-state index contributed by atoms with van der Waals surface area (Å²) in [6, 6.07) is 10.6. The smallest absolute Gasteiger partial charge is 0.103 e. The van der Waals surface area contributed by atoms with E-state index in [0.29, 0.717) is 5.92 Å². The van der Waals surface area contributed by atoms with Crippen LogP contribution in [0.2, 0.25) is 5.02 Å². The first-order chi connectivity index (χ1) is 11.5. The van der Waals surface area contributed by atoms with Gasteiger partial charge in [0.1, 0.15) is 4.83 Å². The van der Waals surface area contributed by atoms with Gasteiger partial charge < -0.3 is 9.47 Å². The van der Waals surface area contributed by atoms with E-state index in [9.17, 15) is 0 Å². The largest absolute Gasteiger partial charge is 0.335 e. The molecule has 0 N–H and O–H groups in total. The van der Waals surface area contributed by atoms with Crippen LogP contribution in [0.25, 0.3) is 10.2 Å². The van der Waals surface area contributed by atoms with E-state index >= 15 is 0 Å². The molecule has 1 atom stereocenters. The van der Waals surface area contributed by atoms with E-state index in [1.807, 2.05) is 23.5 Å². The molecular weight excluding hydrogens is 336 g/mol. The Morgan fingerprint density at radius 3 is 2.75 bits per heavy atom. The normalized spacial score (nSPS) is 18.2.